The van der Waals surface area contributed by atoms with Gasteiger partial charge >= 0.3 is 18.1 Å². The molecule has 3 fully saturated rings. The molecular weight excluding hydrogens is 525 g/mol. The molecule has 4 N–H and O–H groups in total. The van der Waals surface area contributed by atoms with Gasteiger partial charge in [-0.1, -0.05) is 34.6 Å². The van der Waals surface area contributed by atoms with Gasteiger partial charge < -0.3 is 31.1 Å². The minimum absolute atomic E-state index is 0.0612. The first-order valence-corrected chi connectivity index (χ1v) is 12.6. The number of nitrogens with one attached hydrogen (secondary N) is 4. The van der Waals surface area contributed by atoms with Crippen molar-refractivity contribution in [1.29, 1.82) is 0 Å². The van der Waals surface area contributed by atoms with Gasteiger partial charge in [-0.2, -0.15) is 13.2 Å². The van der Waals surface area contributed by atoms with E-state index in [4.69, 9.17) is 0 Å². The van der Waals surface area contributed by atoms with Crippen molar-refractivity contribution < 1.29 is 41.9 Å². The number of amides is 6. The van der Waals surface area contributed by atoms with Crippen LogP contribution in [0.5, 0.6) is 0 Å². The highest BCUT2D eigenvalue weighted by atomic mass is 19.4. The molecule has 1 saturated carbocycles. The molecule has 5 atom stereocenters. The lowest BCUT2D eigenvalue weighted by Crippen LogP contribution is -2.62. The number of likely N-dealkylation sites (N-methyl/N-ethyl adjacent to an activating group) is 1. The lowest BCUT2D eigenvalue weighted by molar-refractivity contribution is -0.176. The third-order valence-electron chi connectivity index (χ3n) is 7.84. The number of carbonyl (C=O) groups is 6. The molecule has 0 bridgehead atoms. The predicted octanol–water partition coefficient (Wildman–Crippen LogP) is -0.612. The Morgan fingerprint density at radius 1 is 1.10 bits per heavy atom. The summed E-state index contributed by atoms with van der Waals surface area (Å²) in [5.41, 5.74) is -1.51. The van der Waals surface area contributed by atoms with Crippen LogP contribution in [0.25, 0.3) is 0 Å². The Morgan fingerprint density at radius 3 is 2.21 bits per heavy atom. The van der Waals surface area contributed by atoms with Crippen molar-refractivity contribution in [3.8, 4) is 0 Å². The lowest BCUT2D eigenvalue weighted by Gasteiger charge is -2.38. The molecule has 0 aromatic heterocycles. The Labute approximate surface area is 223 Å². The largest absolute Gasteiger partial charge is 0.471 e. The Hall–Kier alpha value is -3.39. The molecule has 0 spiro atoms. The second-order valence-corrected chi connectivity index (χ2v) is 11.8. The Morgan fingerprint density at radius 2 is 1.72 bits per heavy atom. The van der Waals surface area contributed by atoms with E-state index in [1.165, 1.54) is 32.7 Å². The van der Waals surface area contributed by atoms with Crippen LogP contribution in [0.3, 0.4) is 0 Å². The summed E-state index contributed by atoms with van der Waals surface area (Å²) in [6, 6.07) is -4.67. The second-order valence-electron chi connectivity index (χ2n) is 11.8. The van der Waals surface area contributed by atoms with Gasteiger partial charge in [-0.15, -0.1) is 0 Å². The molecule has 0 radical (unpaired) electrons. The van der Waals surface area contributed by atoms with Crippen molar-refractivity contribution >= 4 is 35.4 Å². The van der Waals surface area contributed by atoms with E-state index >= 15 is 0 Å². The summed E-state index contributed by atoms with van der Waals surface area (Å²) in [6.45, 7) is 8.56. The Kier molecular flexibility index (Phi) is 7.96. The maximum absolute atomic E-state index is 13.6. The highest BCUT2D eigenvalue weighted by Crippen LogP contribution is 2.65. The summed E-state index contributed by atoms with van der Waals surface area (Å²) >= 11 is 0. The van der Waals surface area contributed by atoms with E-state index < -0.39 is 65.2 Å². The lowest BCUT2D eigenvalue weighted by atomic mass is 9.85. The van der Waals surface area contributed by atoms with Crippen LogP contribution in [0.2, 0.25) is 0 Å². The monoisotopic (exact) mass is 560 g/mol. The van der Waals surface area contributed by atoms with Gasteiger partial charge in [0.25, 0.3) is 5.91 Å². The van der Waals surface area contributed by atoms with Gasteiger partial charge in [0.05, 0.1) is 6.54 Å². The molecule has 3 aliphatic rings. The van der Waals surface area contributed by atoms with Crippen LogP contribution in [-0.4, -0.2) is 103 Å². The minimum atomic E-state index is -5.22. The number of fused-ring (bicyclic) bond motifs is 1. The van der Waals surface area contributed by atoms with Crippen molar-refractivity contribution in [1.82, 2.24) is 31.1 Å². The van der Waals surface area contributed by atoms with Gasteiger partial charge in [-0.25, -0.2) is 4.79 Å². The van der Waals surface area contributed by atoms with Crippen molar-refractivity contribution in [2.75, 3.05) is 33.2 Å². The molecule has 39 heavy (non-hydrogen) atoms. The number of Topliss-reactive ketones (excluding diaryl/α,β-unsaturated/α-hetero) is 1. The summed E-state index contributed by atoms with van der Waals surface area (Å²) < 4.78 is 39.1. The summed E-state index contributed by atoms with van der Waals surface area (Å²) in [6.07, 6.45) is -5.22. The minimum Gasteiger partial charge on any atom is -0.353 e. The average Bonchev–Trinajstić information content (AvgIpc) is 3.18. The Bertz CT molecular complexity index is 1070. The zero-order valence-electron chi connectivity index (χ0n) is 22.7. The molecular formula is C24H35F3N6O6. The summed E-state index contributed by atoms with van der Waals surface area (Å²) in [5, 5.41) is 9.03. The van der Waals surface area contributed by atoms with Crippen molar-refractivity contribution in [2.24, 2.45) is 22.7 Å². The van der Waals surface area contributed by atoms with E-state index in [-0.39, 0.29) is 36.9 Å². The third-order valence-corrected chi connectivity index (χ3v) is 7.84. The van der Waals surface area contributed by atoms with E-state index in [0.717, 1.165) is 4.90 Å². The first-order valence-electron chi connectivity index (χ1n) is 12.6. The highest BCUT2D eigenvalue weighted by Gasteiger charge is 2.70. The summed E-state index contributed by atoms with van der Waals surface area (Å²) in [4.78, 5) is 78.4. The van der Waals surface area contributed by atoms with Crippen molar-refractivity contribution in [2.45, 2.75) is 58.9 Å². The number of nitrogens with zero attached hydrogens (tertiary/aromatic N) is 2. The maximum atomic E-state index is 13.6. The number of hydrogen-bond donors (Lipinski definition) is 4. The number of hydrogen-bond acceptors (Lipinski definition) is 6. The molecule has 218 valence electrons. The topological polar surface area (TPSA) is 157 Å². The first kappa shape index (κ1) is 30.2. The van der Waals surface area contributed by atoms with Crippen LogP contribution in [0.4, 0.5) is 18.0 Å². The fourth-order valence-electron chi connectivity index (χ4n) is 5.48. The highest BCUT2D eigenvalue weighted by molar-refractivity contribution is 6.38. The van der Waals surface area contributed by atoms with E-state index in [2.05, 4.69) is 16.0 Å². The fraction of sp³-hybridized carbons (Fsp3) is 0.750. The van der Waals surface area contributed by atoms with Crippen LogP contribution < -0.4 is 21.3 Å². The third kappa shape index (κ3) is 5.96. The van der Waals surface area contributed by atoms with Crippen LogP contribution >= 0.6 is 0 Å². The molecule has 15 heteroatoms. The molecule has 0 aromatic rings. The van der Waals surface area contributed by atoms with Gasteiger partial charge in [0.1, 0.15) is 18.1 Å². The van der Waals surface area contributed by atoms with Gasteiger partial charge in [0.15, 0.2) is 0 Å². The van der Waals surface area contributed by atoms with Crippen LogP contribution in [-0.2, 0) is 24.0 Å². The quantitative estimate of drug-likeness (QED) is 0.290. The molecule has 6 amide bonds. The smallest absolute Gasteiger partial charge is 0.353 e. The maximum Gasteiger partial charge on any atom is 0.471 e. The summed E-state index contributed by atoms with van der Waals surface area (Å²) in [7, 11) is 1.23. The van der Waals surface area contributed by atoms with Crippen LogP contribution in [0.15, 0.2) is 0 Å². The molecule has 2 heterocycles. The van der Waals surface area contributed by atoms with Crippen molar-refractivity contribution in [3.63, 3.8) is 0 Å². The number of alkyl halides is 3. The molecule has 3 rings (SSSR count). The van der Waals surface area contributed by atoms with E-state index in [1.54, 1.807) is 5.32 Å². The van der Waals surface area contributed by atoms with E-state index in [1.807, 2.05) is 13.8 Å². The number of likely N-dealkylation sites (tertiary alicyclic amines) is 1. The molecule has 1 aliphatic carbocycles. The zero-order valence-corrected chi connectivity index (χ0v) is 22.7. The fourth-order valence-corrected chi connectivity index (χ4v) is 5.48. The molecule has 2 aliphatic heterocycles. The van der Waals surface area contributed by atoms with Gasteiger partial charge in [0, 0.05) is 26.7 Å². The van der Waals surface area contributed by atoms with Crippen molar-refractivity contribution in [3.05, 3.63) is 0 Å². The van der Waals surface area contributed by atoms with Crippen LogP contribution in [0, 0.1) is 22.7 Å². The normalized spacial score (nSPS) is 25.3. The molecule has 0 aromatic carbocycles. The number of ketones is 1. The van der Waals surface area contributed by atoms with Gasteiger partial charge in [-0.3, -0.25) is 24.0 Å². The second kappa shape index (κ2) is 10.3. The number of piperidine rings is 1. The average molecular weight is 561 g/mol. The number of urea groups is 1. The molecule has 12 nitrogen and oxygen atoms in total. The zero-order chi connectivity index (χ0) is 29.7. The number of carbonyl (C=O) groups excluding carboxylic acids is 6. The van der Waals surface area contributed by atoms with Gasteiger partial charge in [-0.05, 0) is 22.7 Å². The van der Waals surface area contributed by atoms with Gasteiger partial charge in [0.2, 0.25) is 17.6 Å². The molecule has 2 saturated heterocycles. The first-order chi connectivity index (χ1) is 17.8. The standard InChI is InChI=1S/C24H35F3N6O6/c1-22(2,3)16(31-20(38)24(25,26)27)19(37)33-9-11-13(23(11,4)5)14(33)17(35)30-12(15(34)18(36)28-6)10-32-8-7-29-21(32)39/h11-14,16H,7-10H2,1-6H3,(H,28,36)(H,29,39)(H,30,35)(H,31,38)/t11-,12-,13-,14-,16+/m0/s1. The Balaban J connectivity index is 1.89. The predicted molar refractivity (Wildman–Crippen MR) is 130 cm³/mol. The number of rotatable bonds is 8. The summed E-state index contributed by atoms with van der Waals surface area (Å²) in [5.74, 6) is -6.43. The SMILES string of the molecule is CNC(=O)C(=O)[C@H](CN1CCNC1=O)NC(=O)[C@@H]1[C@@H]2[C@H](CN1C(=O)[C@@H](NC(=O)C(F)(F)F)C(C)(C)C)C2(C)C. The van der Waals surface area contributed by atoms with Crippen LogP contribution in [0.1, 0.15) is 34.6 Å². The van der Waals surface area contributed by atoms with E-state index in [9.17, 15) is 41.9 Å². The number of halogens is 3. The molecule has 0 unspecified atom stereocenters. The van der Waals surface area contributed by atoms with E-state index in [0.29, 0.717) is 6.54 Å².